The molecule has 148 valence electrons. The van der Waals surface area contributed by atoms with E-state index in [4.69, 9.17) is 0 Å². The third kappa shape index (κ3) is 5.29. The molecule has 0 bridgehead atoms. The quantitative estimate of drug-likeness (QED) is 0.687. The highest BCUT2D eigenvalue weighted by atomic mass is 16.2. The number of benzene rings is 2. The second-order valence-corrected chi connectivity index (χ2v) is 7.19. The number of hydrogen-bond acceptors (Lipinski definition) is 3. The minimum absolute atomic E-state index is 0.111. The van der Waals surface area contributed by atoms with Crippen LogP contribution in [0.2, 0.25) is 0 Å². The van der Waals surface area contributed by atoms with Crippen LogP contribution in [0.5, 0.6) is 0 Å². The predicted molar refractivity (Wildman–Crippen MR) is 115 cm³/mol. The first-order valence-electron chi connectivity index (χ1n) is 9.57. The molecule has 5 heteroatoms. The van der Waals surface area contributed by atoms with Gasteiger partial charge in [0.05, 0.1) is 0 Å². The van der Waals surface area contributed by atoms with Gasteiger partial charge in [-0.1, -0.05) is 18.2 Å². The van der Waals surface area contributed by atoms with Crippen LogP contribution in [0.4, 0.5) is 5.69 Å². The van der Waals surface area contributed by atoms with Crippen molar-refractivity contribution in [2.45, 2.75) is 20.3 Å². The second-order valence-electron chi connectivity index (χ2n) is 7.19. The maximum absolute atomic E-state index is 12.8. The SMILES string of the molecule is Cc1ccc(C)c(NC(=O)c2cccc(C(=O)N(C)CCc3ccncc3)c2)c1. The van der Waals surface area contributed by atoms with Crippen LogP contribution in [-0.2, 0) is 6.42 Å². The van der Waals surface area contributed by atoms with Crippen LogP contribution in [-0.4, -0.2) is 35.3 Å². The van der Waals surface area contributed by atoms with Gasteiger partial charge >= 0.3 is 0 Å². The molecule has 0 radical (unpaired) electrons. The van der Waals surface area contributed by atoms with Crippen molar-refractivity contribution in [3.05, 3.63) is 94.8 Å². The van der Waals surface area contributed by atoms with E-state index < -0.39 is 0 Å². The number of anilines is 1. The molecule has 0 unspecified atom stereocenters. The number of nitrogens with zero attached hydrogens (tertiary/aromatic N) is 2. The fourth-order valence-corrected chi connectivity index (χ4v) is 3.03. The number of rotatable bonds is 6. The molecule has 2 amide bonds. The number of aryl methyl sites for hydroxylation is 2. The largest absolute Gasteiger partial charge is 0.341 e. The molecule has 0 spiro atoms. The fraction of sp³-hybridized carbons (Fsp3) is 0.208. The van der Waals surface area contributed by atoms with Crippen LogP contribution in [0.1, 0.15) is 37.4 Å². The lowest BCUT2D eigenvalue weighted by atomic mass is 10.1. The molecule has 0 saturated heterocycles. The molecule has 29 heavy (non-hydrogen) atoms. The summed E-state index contributed by atoms with van der Waals surface area (Å²) in [6, 6.07) is 16.6. The average Bonchev–Trinajstić information content (AvgIpc) is 2.75. The van der Waals surface area contributed by atoms with E-state index in [9.17, 15) is 9.59 Å². The van der Waals surface area contributed by atoms with Crippen molar-refractivity contribution < 1.29 is 9.59 Å². The number of hydrogen-bond donors (Lipinski definition) is 1. The lowest BCUT2D eigenvalue weighted by molar-refractivity contribution is 0.0796. The Morgan fingerprint density at radius 2 is 1.69 bits per heavy atom. The van der Waals surface area contributed by atoms with Gasteiger partial charge < -0.3 is 10.2 Å². The van der Waals surface area contributed by atoms with E-state index in [0.29, 0.717) is 17.7 Å². The Morgan fingerprint density at radius 3 is 2.45 bits per heavy atom. The molecule has 0 aliphatic heterocycles. The fourth-order valence-electron chi connectivity index (χ4n) is 3.03. The Bertz CT molecular complexity index is 1020. The summed E-state index contributed by atoms with van der Waals surface area (Å²) in [4.78, 5) is 31.1. The smallest absolute Gasteiger partial charge is 0.255 e. The third-order valence-electron chi connectivity index (χ3n) is 4.84. The summed E-state index contributed by atoms with van der Waals surface area (Å²) in [7, 11) is 1.77. The number of amides is 2. The number of nitrogens with one attached hydrogen (secondary N) is 1. The van der Waals surface area contributed by atoms with Crippen molar-refractivity contribution in [1.82, 2.24) is 9.88 Å². The second kappa shape index (κ2) is 9.15. The van der Waals surface area contributed by atoms with E-state index in [1.54, 1.807) is 48.6 Å². The van der Waals surface area contributed by atoms with Gasteiger partial charge in [-0.25, -0.2) is 0 Å². The standard InChI is InChI=1S/C24H25N3O2/c1-17-7-8-18(2)22(15-17)26-23(28)20-5-4-6-21(16-20)24(29)27(3)14-11-19-9-12-25-13-10-19/h4-10,12-13,15-16H,11,14H2,1-3H3,(H,26,28). The Labute approximate surface area is 171 Å². The minimum Gasteiger partial charge on any atom is -0.341 e. The van der Waals surface area contributed by atoms with Gasteiger partial charge in [-0.3, -0.25) is 14.6 Å². The zero-order valence-electron chi connectivity index (χ0n) is 17.0. The molecule has 3 aromatic rings. The molecule has 1 aromatic heterocycles. The van der Waals surface area contributed by atoms with Crippen LogP contribution >= 0.6 is 0 Å². The Hall–Kier alpha value is -3.47. The summed E-state index contributed by atoms with van der Waals surface area (Å²) >= 11 is 0. The summed E-state index contributed by atoms with van der Waals surface area (Å²) in [6.45, 7) is 4.52. The molecule has 0 atom stereocenters. The maximum atomic E-state index is 12.8. The highest BCUT2D eigenvalue weighted by Crippen LogP contribution is 2.18. The molecule has 1 N–H and O–H groups in total. The van der Waals surface area contributed by atoms with Gasteiger partial charge in [-0.2, -0.15) is 0 Å². The van der Waals surface area contributed by atoms with Crippen LogP contribution < -0.4 is 5.32 Å². The summed E-state index contributed by atoms with van der Waals surface area (Å²) in [5.74, 6) is -0.340. The third-order valence-corrected chi connectivity index (χ3v) is 4.84. The Kier molecular flexibility index (Phi) is 6.39. The van der Waals surface area contributed by atoms with Gasteiger partial charge in [0.1, 0.15) is 0 Å². The number of carbonyl (C=O) groups is 2. The topological polar surface area (TPSA) is 62.3 Å². The van der Waals surface area contributed by atoms with Crippen molar-refractivity contribution in [1.29, 1.82) is 0 Å². The van der Waals surface area contributed by atoms with Crippen molar-refractivity contribution in [3.8, 4) is 0 Å². The van der Waals surface area contributed by atoms with E-state index in [1.165, 1.54) is 0 Å². The molecule has 3 rings (SSSR count). The van der Waals surface area contributed by atoms with Crippen molar-refractivity contribution >= 4 is 17.5 Å². The highest BCUT2D eigenvalue weighted by molar-refractivity contribution is 6.06. The zero-order valence-corrected chi connectivity index (χ0v) is 17.0. The minimum atomic E-state index is -0.229. The van der Waals surface area contributed by atoms with E-state index in [1.807, 2.05) is 44.2 Å². The first-order chi connectivity index (χ1) is 13.9. The van der Waals surface area contributed by atoms with E-state index in [0.717, 1.165) is 28.8 Å². The number of aromatic nitrogens is 1. The van der Waals surface area contributed by atoms with Crippen molar-refractivity contribution in [2.24, 2.45) is 0 Å². The lowest BCUT2D eigenvalue weighted by Gasteiger charge is -2.17. The highest BCUT2D eigenvalue weighted by Gasteiger charge is 2.15. The van der Waals surface area contributed by atoms with Gasteiger partial charge in [-0.15, -0.1) is 0 Å². The number of carbonyl (C=O) groups excluding carboxylic acids is 2. The molecule has 1 heterocycles. The lowest BCUT2D eigenvalue weighted by Crippen LogP contribution is -2.29. The Balaban J connectivity index is 1.68. The molecule has 5 nitrogen and oxygen atoms in total. The van der Waals surface area contributed by atoms with Crippen LogP contribution in [0.25, 0.3) is 0 Å². The van der Waals surface area contributed by atoms with Gasteiger partial charge in [0.25, 0.3) is 11.8 Å². The Morgan fingerprint density at radius 1 is 0.966 bits per heavy atom. The maximum Gasteiger partial charge on any atom is 0.255 e. The number of likely N-dealkylation sites (N-methyl/N-ethyl adjacent to an activating group) is 1. The zero-order chi connectivity index (χ0) is 20.8. The molecular weight excluding hydrogens is 362 g/mol. The molecule has 0 fully saturated rings. The van der Waals surface area contributed by atoms with E-state index in [2.05, 4.69) is 10.3 Å². The predicted octanol–water partition coefficient (Wildman–Crippen LogP) is 4.27. The molecule has 0 aliphatic carbocycles. The van der Waals surface area contributed by atoms with Crippen LogP contribution in [0.15, 0.2) is 67.0 Å². The van der Waals surface area contributed by atoms with E-state index >= 15 is 0 Å². The molecule has 2 aromatic carbocycles. The van der Waals surface area contributed by atoms with E-state index in [-0.39, 0.29) is 11.8 Å². The normalized spacial score (nSPS) is 10.4. The van der Waals surface area contributed by atoms with Crippen molar-refractivity contribution in [3.63, 3.8) is 0 Å². The van der Waals surface area contributed by atoms with Crippen LogP contribution in [0.3, 0.4) is 0 Å². The summed E-state index contributed by atoms with van der Waals surface area (Å²) in [6.07, 6.45) is 4.24. The van der Waals surface area contributed by atoms with Gasteiger partial charge in [-0.05, 0) is 73.4 Å². The number of pyridine rings is 1. The summed E-state index contributed by atoms with van der Waals surface area (Å²) in [5.41, 5.74) is 4.93. The van der Waals surface area contributed by atoms with Gasteiger partial charge in [0, 0.05) is 42.8 Å². The van der Waals surface area contributed by atoms with Crippen molar-refractivity contribution in [2.75, 3.05) is 18.9 Å². The first-order valence-corrected chi connectivity index (χ1v) is 9.57. The van der Waals surface area contributed by atoms with Crippen LogP contribution in [0, 0.1) is 13.8 Å². The molecular formula is C24H25N3O2. The molecule has 0 aliphatic rings. The monoisotopic (exact) mass is 387 g/mol. The summed E-state index contributed by atoms with van der Waals surface area (Å²) in [5, 5.41) is 2.94. The average molecular weight is 387 g/mol. The first kappa shape index (κ1) is 20.3. The van der Waals surface area contributed by atoms with Gasteiger partial charge in [0.15, 0.2) is 0 Å². The van der Waals surface area contributed by atoms with Gasteiger partial charge in [0.2, 0.25) is 0 Å². The molecule has 0 saturated carbocycles. The summed E-state index contributed by atoms with van der Waals surface area (Å²) < 4.78 is 0.